The van der Waals surface area contributed by atoms with Crippen LogP contribution in [0.4, 0.5) is 0 Å². The second-order valence-corrected chi connectivity index (χ2v) is 7.16. The summed E-state index contributed by atoms with van der Waals surface area (Å²) >= 11 is 0. The summed E-state index contributed by atoms with van der Waals surface area (Å²) in [5.74, 6) is 2.24. The number of nitrogens with zero attached hydrogens (tertiary/aromatic N) is 2. The van der Waals surface area contributed by atoms with Gasteiger partial charge in [0.15, 0.2) is 0 Å². The molecular formula is C16H30N2O. The maximum absolute atomic E-state index is 11.9. The van der Waals surface area contributed by atoms with Crippen LogP contribution in [0.25, 0.3) is 0 Å². The Morgan fingerprint density at radius 2 is 1.68 bits per heavy atom. The maximum atomic E-state index is 11.9. The average molecular weight is 266 g/mol. The smallest absolute Gasteiger partial charge is 0.225 e. The van der Waals surface area contributed by atoms with E-state index < -0.39 is 0 Å². The maximum Gasteiger partial charge on any atom is 0.225 e. The fraction of sp³-hybridized carbons (Fsp3) is 0.938. The first kappa shape index (κ1) is 14.8. The molecule has 2 fully saturated rings. The summed E-state index contributed by atoms with van der Waals surface area (Å²) in [6, 6.07) is 0.736. The minimum absolute atomic E-state index is 0.149. The van der Waals surface area contributed by atoms with Crippen molar-refractivity contribution in [1.82, 2.24) is 9.80 Å². The van der Waals surface area contributed by atoms with Crippen LogP contribution in [0.15, 0.2) is 0 Å². The molecule has 0 bridgehead atoms. The van der Waals surface area contributed by atoms with E-state index in [1.54, 1.807) is 0 Å². The Balaban J connectivity index is 1.69. The molecule has 3 nitrogen and oxygen atoms in total. The van der Waals surface area contributed by atoms with Gasteiger partial charge in [-0.2, -0.15) is 0 Å². The van der Waals surface area contributed by atoms with Crippen molar-refractivity contribution in [2.75, 3.05) is 26.2 Å². The lowest BCUT2D eigenvalue weighted by Gasteiger charge is -2.48. The molecule has 0 N–H and O–H groups in total. The van der Waals surface area contributed by atoms with Crippen molar-refractivity contribution in [3.05, 3.63) is 0 Å². The van der Waals surface area contributed by atoms with Crippen LogP contribution in [-0.2, 0) is 4.79 Å². The zero-order chi connectivity index (χ0) is 14.0. The minimum Gasteiger partial charge on any atom is -0.342 e. The monoisotopic (exact) mass is 266 g/mol. The van der Waals surface area contributed by atoms with Crippen molar-refractivity contribution in [3.8, 4) is 0 Å². The van der Waals surface area contributed by atoms with E-state index in [9.17, 15) is 4.79 Å². The summed E-state index contributed by atoms with van der Waals surface area (Å²) in [5.41, 5.74) is 0. The number of piperidine rings is 1. The van der Waals surface area contributed by atoms with Gasteiger partial charge >= 0.3 is 0 Å². The Labute approximate surface area is 118 Å². The van der Waals surface area contributed by atoms with Crippen molar-refractivity contribution in [1.29, 1.82) is 0 Å². The van der Waals surface area contributed by atoms with Crippen molar-refractivity contribution in [2.45, 2.75) is 53.0 Å². The van der Waals surface area contributed by atoms with E-state index in [1.807, 2.05) is 13.8 Å². The molecule has 110 valence electrons. The van der Waals surface area contributed by atoms with Crippen molar-refractivity contribution in [3.63, 3.8) is 0 Å². The molecule has 0 radical (unpaired) electrons. The molecule has 0 unspecified atom stereocenters. The minimum atomic E-state index is 0.149. The van der Waals surface area contributed by atoms with E-state index in [0.29, 0.717) is 5.91 Å². The van der Waals surface area contributed by atoms with Gasteiger partial charge in [0.05, 0.1) is 0 Å². The molecule has 2 aliphatic heterocycles. The van der Waals surface area contributed by atoms with Gasteiger partial charge in [0.25, 0.3) is 0 Å². The van der Waals surface area contributed by atoms with Gasteiger partial charge in [-0.05, 0) is 31.1 Å². The largest absolute Gasteiger partial charge is 0.342 e. The molecule has 0 aromatic carbocycles. The standard InChI is InChI=1S/C16H30N2O/c1-12(2)9-14-10-18(11-14)15-5-7-17(8-6-15)16(19)13(3)4/h12-15H,5-11H2,1-4H3. The van der Waals surface area contributed by atoms with Crippen LogP contribution in [-0.4, -0.2) is 47.9 Å². The SMILES string of the molecule is CC(C)CC1CN(C2CCN(C(=O)C(C)C)CC2)C1. The van der Waals surface area contributed by atoms with E-state index in [0.717, 1.165) is 31.0 Å². The van der Waals surface area contributed by atoms with Crippen LogP contribution < -0.4 is 0 Å². The third-order valence-corrected chi connectivity index (χ3v) is 4.58. The topological polar surface area (TPSA) is 23.6 Å². The highest BCUT2D eigenvalue weighted by Gasteiger charge is 2.35. The number of hydrogen-bond acceptors (Lipinski definition) is 2. The molecule has 0 spiro atoms. The van der Waals surface area contributed by atoms with Crippen LogP contribution in [0.1, 0.15) is 47.0 Å². The molecule has 2 aliphatic rings. The van der Waals surface area contributed by atoms with Gasteiger partial charge < -0.3 is 4.90 Å². The fourth-order valence-electron chi connectivity index (χ4n) is 3.54. The highest BCUT2D eigenvalue weighted by atomic mass is 16.2. The van der Waals surface area contributed by atoms with Crippen molar-refractivity contribution in [2.24, 2.45) is 17.8 Å². The van der Waals surface area contributed by atoms with Crippen LogP contribution >= 0.6 is 0 Å². The first-order valence-electron chi connectivity index (χ1n) is 8.00. The Morgan fingerprint density at radius 3 is 2.16 bits per heavy atom. The number of rotatable bonds is 4. The van der Waals surface area contributed by atoms with E-state index in [1.165, 1.54) is 32.4 Å². The number of carbonyl (C=O) groups is 1. The van der Waals surface area contributed by atoms with E-state index in [-0.39, 0.29) is 5.92 Å². The first-order chi connectivity index (χ1) is 8.97. The summed E-state index contributed by atoms with van der Waals surface area (Å²) in [4.78, 5) is 16.6. The zero-order valence-corrected chi connectivity index (χ0v) is 13.1. The summed E-state index contributed by atoms with van der Waals surface area (Å²) in [5, 5.41) is 0. The van der Waals surface area contributed by atoms with Gasteiger partial charge in [-0.3, -0.25) is 9.69 Å². The van der Waals surface area contributed by atoms with Gasteiger partial charge in [0.1, 0.15) is 0 Å². The van der Waals surface area contributed by atoms with E-state index in [2.05, 4.69) is 23.6 Å². The molecular weight excluding hydrogens is 236 g/mol. The van der Waals surface area contributed by atoms with Crippen LogP contribution in [0.2, 0.25) is 0 Å². The van der Waals surface area contributed by atoms with E-state index in [4.69, 9.17) is 0 Å². The molecule has 0 aliphatic carbocycles. The molecule has 2 rings (SSSR count). The predicted molar refractivity (Wildman–Crippen MR) is 79.0 cm³/mol. The number of carbonyl (C=O) groups excluding carboxylic acids is 1. The average Bonchev–Trinajstić information content (AvgIpc) is 2.32. The van der Waals surface area contributed by atoms with E-state index >= 15 is 0 Å². The predicted octanol–water partition coefficient (Wildman–Crippen LogP) is 2.61. The highest BCUT2D eigenvalue weighted by molar-refractivity contribution is 5.78. The third-order valence-electron chi connectivity index (χ3n) is 4.58. The Kier molecular flexibility index (Phi) is 4.88. The second-order valence-electron chi connectivity index (χ2n) is 7.16. The summed E-state index contributed by atoms with van der Waals surface area (Å²) in [7, 11) is 0. The van der Waals surface area contributed by atoms with Crippen molar-refractivity contribution >= 4 is 5.91 Å². The van der Waals surface area contributed by atoms with Gasteiger partial charge in [-0.15, -0.1) is 0 Å². The molecule has 0 aromatic heterocycles. The summed E-state index contributed by atoms with van der Waals surface area (Å²) in [6.45, 7) is 13.2. The quantitative estimate of drug-likeness (QED) is 0.781. The first-order valence-corrected chi connectivity index (χ1v) is 8.00. The third kappa shape index (κ3) is 3.71. The Morgan fingerprint density at radius 1 is 1.11 bits per heavy atom. The second kappa shape index (κ2) is 6.25. The van der Waals surface area contributed by atoms with Crippen LogP contribution in [0.5, 0.6) is 0 Å². The molecule has 0 atom stereocenters. The molecule has 19 heavy (non-hydrogen) atoms. The van der Waals surface area contributed by atoms with Crippen LogP contribution in [0, 0.1) is 17.8 Å². The van der Waals surface area contributed by atoms with Gasteiger partial charge in [-0.1, -0.05) is 27.7 Å². The lowest BCUT2D eigenvalue weighted by Crippen LogP contribution is -2.56. The summed E-state index contributed by atoms with van der Waals surface area (Å²) in [6.07, 6.45) is 3.72. The Hall–Kier alpha value is -0.570. The lowest BCUT2D eigenvalue weighted by atomic mass is 9.87. The molecule has 3 heteroatoms. The van der Waals surface area contributed by atoms with Gasteiger partial charge in [0.2, 0.25) is 5.91 Å². The zero-order valence-electron chi connectivity index (χ0n) is 13.1. The van der Waals surface area contributed by atoms with Gasteiger partial charge in [0, 0.05) is 38.1 Å². The molecule has 2 heterocycles. The van der Waals surface area contributed by atoms with Crippen molar-refractivity contribution < 1.29 is 4.79 Å². The number of amides is 1. The van der Waals surface area contributed by atoms with Crippen LogP contribution in [0.3, 0.4) is 0 Å². The summed E-state index contributed by atoms with van der Waals surface area (Å²) < 4.78 is 0. The molecule has 0 aromatic rings. The molecule has 2 saturated heterocycles. The number of likely N-dealkylation sites (tertiary alicyclic amines) is 2. The fourth-order valence-corrected chi connectivity index (χ4v) is 3.54. The van der Waals surface area contributed by atoms with Gasteiger partial charge in [-0.25, -0.2) is 0 Å². The number of hydrogen-bond donors (Lipinski definition) is 0. The molecule has 1 amide bonds. The molecule has 0 saturated carbocycles. The highest BCUT2D eigenvalue weighted by Crippen LogP contribution is 2.29. The lowest BCUT2D eigenvalue weighted by molar-refractivity contribution is -0.136. The Bertz CT molecular complexity index is 300. The normalized spacial score (nSPS) is 23.2.